The first-order chi connectivity index (χ1) is 7.18. The molecule has 4 heteroatoms. The van der Waals surface area contributed by atoms with Gasteiger partial charge in [-0.25, -0.2) is 0 Å². The van der Waals surface area contributed by atoms with E-state index in [2.05, 4.69) is 17.8 Å². The first-order valence-corrected chi connectivity index (χ1v) is 6.23. The van der Waals surface area contributed by atoms with Crippen molar-refractivity contribution < 1.29 is 13.6 Å². The molecule has 1 atom stereocenters. The van der Waals surface area contributed by atoms with Crippen LogP contribution in [0.25, 0.3) is 0 Å². The lowest BCUT2D eigenvalue weighted by Crippen LogP contribution is -1.99. The standard InChI is InChI=1S/C11H15O3P/c1-4-7-10-14-15(12,11-8-5-2)13-9-6-3/h3,5,8H,9-11H2,1-2H3. The molecule has 0 aromatic heterocycles. The maximum atomic E-state index is 11.9. The van der Waals surface area contributed by atoms with E-state index in [4.69, 9.17) is 15.5 Å². The summed E-state index contributed by atoms with van der Waals surface area (Å²) in [4.78, 5) is 0. The highest BCUT2D eigenvalue weighted by Crippen LogP contribution is 2.47. The van der Waals surface area contributed by atoms with Gasteiger partial charge in [-0.1, -0.05) is 24.0 Å². The van der Waals surface area contributed by atoms with Crippen LogP contribution in [0.5, 0.6) is 0 Å². The van der Waals surface area contributed by atoms with E-state index in [1.165, 1.54) is 0 Å². The van der Waals surface area contributed by atoms with Crippen LogP contribution in [0.15, 0.2) is 12.2 Å². The molecule has 0 spiro atoms. The van der Waals surface area contributed by atoms with E-state index in [9.17, 15) is 4.57 Å². The van der Waals surface area contributed by atoms with Crippen LogP contribution < -0.4 is 0 Å². The molecule has 82 valence electrons. The molecule has 0 fully saturated rings. The molecule has 3 nitrogen and oxygen atoms in total. The average Bonchev–Trinajstić information content (AvgIpc) is 2.24. The summed E-state index contributed by atoms with van der Waals surface area (Å²) in [5.74, 6) is 7.55. The molecule has 15 heavy (non-hydrogen) atoms. The highest BCUT2D eigenvalue weighted by Gasteiger charge is 2.21. The van der Waals surface area contributed by atoms with Crippen LogP contribution in [0, 0.1) is 24.2 Å². The van der Waals surface area contributed by atoms with Crippen molar-refractivity contribution in [1.82, 2.24) is 0 Å². The van der Waals surface area contributed by atoms with Crippen LogP contribution in [-0.2, 0) is 13.6 Å². The van der Waals surface area contributed by atoms with E-state index in [1.807, 2.05) is 6.92 Å². The lowest BCUT2D eigenvalue weighted by atomic mass is 10.6. The topological polar surface area (TPSA) is 35.5 Å². The summed E-state index contributed by atoms with van der Waals surface area (Å²) < 4.78 is 22.0. The largest absolute Gasteiger partial charge is 0.336 e. The number of hydrogen-bond donors (Lipinski definition) is 0. The molecule has 0 aromatic rings. The summed E-state index contributed by atoms with van der Waals surface area (Å²) >= 11 is 0. The van der Waals surface area contributed by atoms with Crippen molar-refractivity contribution in [2.45, 2.75) is 13.8 Å². The van der Waals surface area contributed by atoms with Gasteiger partial charge in [0.1, 0.15) is 13.2 Å². The quantitative estimate of drug-likeness (QED) is 0.396. The Labute approximate surface area is 91.4 Å². The van der Waals surface area contributed by atoms with Crippen molar-refractivity contribution in [3.63, 3.8) is 0 Å². The lowest BCUT2D eigenvalue weighted by molar-refractivity contribution is 0.245. The van der Waals surface area contributed by atoms with Crippen LogP contribution in [0.4, 0.5) is 0 Å². The molecule has 0 aliphatic carbocycles. The zero-order valence-electron chi connectivity index (χ0n) is 9.03. The number of allylic oxidation sites excluding steroid dienone is 2. The SMILES string of the molecule is C#CCOP(=O)(CC=CC)OCC#CC. The van der Waals surface area contributed by atoms with Gasteiger partial charge >= 0.3 is 7.60 Å². The Morgan fingerprint density at radius 1 is 1.40 bits per heavy atom. The molecule has 0 saturated heterocycles. The molecule has 0 radical (unpaired) electrons. The molecule has 0 bridgehead atoms. The van der Waals surface area contributed by atoms with Gasteiger partial charge in [0.25, 0.3) is 0 Å². The second kappa shape index (κ2) is 8.33. The van der Waals surface area contributed by atoms with E-state index in [0.29, 0.717) is 0 Å². The van der Waals surface area contributed by atoms with Gasteiger partial charge in [0.15, 0.2) is 0 Å². The normalized spacial score (nSPS) is 13.9. The molecule has 1 unspecified atom stereocenters. The molecule has 0 aliphatic heterocycles. The van der Waals surface area contributed by atoms with Crippen LogP contribution in [-0.4, -0.2) is 19.4 Å². The van der Waals surface area contributed by atoms with Crippen molar-refractivity contribution in [3.8, 4) is 24.2 Å². The highest BCUT2D eigenvalue weighted by molar-refractivity contribution is 7.54. The van der Waals surface area contributed by atoms with E-state index in [0.717, 1.165) is 0 Å². The zero-order valence-corrected chi connectivity index (χ0v) is 9.92. The smallest absolute Gasteiger partial charge is 0.295 e. The van der Waals surface area contributed by atoms with Gasteiger partial charge in [-0.05, 0) is 13.8 Å². The lowest BCUT2D eigenvalue weighted by Gasteiger charge is -2.13. The van der Waals surface area contributed by atoms with Gasteiger partial charge < -0.3 is 0 Å². The second-order valence-corrected chi connectivity index (χ2v) is 4.64. The first-order valence-electron chi connectivity index (χ1n) is 4.51. The fraction of sp³-hybridized carbons (Fsp3) is 0.455. The summed E-state index contributed by atoms with van der Waals surface area (Å²) in [6.07, 6.45) is 8.74. The summed E-state index contributed by atoms with van der Waals surface area (Å²) in [5.41, 5.74) is 0. The van der Waals surface area contributed by atoms with Crippen molar-refractivity contribution >= 4 is 7.60 Å². The van der Waals surface area contributed by atoms with E-state index >= 15 is 0 Å². The molecule has 0 heterocycles. The molecule has 0 amide bonds. The molecule has 0 aromatic carbocycles. The van der Waals surface area contributed by atoms with Gasteiger partial charge in [-0.2, -0.15) is 0 Å². The van der Waals surface area contributed by atoms with Crippen molar-refractivity contribution in [1.29, 1.82) is 0 Å². The van der Waals surface area contributed by atoms with E-state index < -0.39 is 7.60 Å². The van der Waals surface area contributed by atoms with Gasteiger partial charge in [0.05, 0.1) is 6.16 Å². The average molecular weight is 226 g/mol. The Kier molecular flexibility index (Phi) is 7.78. The van der Waals surface area contributed by atoms with Crippen LogP contribution in [0.2, 0.25) is 0 Å². The molecule has 0 N–H and O–H groups in total. The zero-order chi connectivity index (χ0) is 11.6. The van der Waals surface area contributed by atoms with Crippen LogP contribution in [0.3, 0.4) is 0 Å². The summed E-state index contributed by atoms with van der Waals surface area (Å²) in [6.45, 7) is 3.59. The third kappa shape index (κ3) is 7.00. The third-order valence-electron chi connectivity index (χ3n) is 1.42. The Morgan fingerprint density at radius 3 is 2.60 bits per heavy atom. The molecule has 0 saturated carbocycles. The fourth-order valence-electron chi connectivity index (χ4n) is 0.716. The van der Waals surface area contributed by atoms with E-state index in [-0.39, 0.29) is 19.4 Å². The van der Waals surface area contributed by atoms with Crippen LogP contribution in [0.1, 0.15) is 13.8 Å². The maximum Gasteiger partial charge on any atom is 0.336 e. The molecular weight excluding hydrogens is 211 g/mol. The minimum absolute atomic E-state index is 0.0195. The summed E-state index contributed by atoms with van der Waals surface area (Å²) in [5, 5.41) is 0. The molecule has 0 rings (SSSR count). The van der Waals surface area contributed by atoms with Crippen molar-refractivity contribution in [3.05, 3.63) is 12.2 Å². The number of hydrogen-bond acceptors (Lipinski definition) is 3. The Hall–Kier alpha value is -0.990. The van der Waals surface area contributed by atoms with Gasteiger partial charge in [0, 0.05) is 0 Å². The number of terminal acetylenes is 1. The maximum absolute atomic E-state index is 11.9. The Bertz CT molecular complexity index is 341. The van der Waals surface area contributed by atoms with Crippen LogP contribution >= 0.6 is 7.60 Å². The van der Waals surface area contributed by atoms with E-state index in [1.54, 1.807) is 19.1 Å². The summed E-state index contributed by atoms with van der Waals surface area (Å²) in [6, 6.07) is 0. The monoisotopic (exact) mass is 226 g/mol. The Morgan fingerprint density at radius 2 is 2.07 bits per heavy atom. The van der Waals surface area contributed by atoms with Gasteiger partial charge in [-0.3, -0.25) is 13.6 Å². The second-order valence-electron chi connectivity index (χ2n) is 2.54. The van der Waals surface area contributed by atoms with Gasteiger partial charge in [-0.15, -0.1) is 12.3 Å². The van der Waals surface area contributed by atoms with Crippen molar-refractivity contribution in [2.24, 2.45) is 0 Å². The molecular formula is C11H15O3P. The van der Waals surface area contributed by atoms with Crippen molar-refractivity contribution in [2.75, 3.05) is 19.4 Å². The first kappa shape index (κ1) is 14.0. The highest BCUT2D eigenvalue weighted by atomic mass is 31.2. The minimum atomic E-state index is -3.11. The van der Waals surface area contributed by atoms with Gasteiger partial charge in [0.2, 0.25) is 0 Å². The third-order valence-corrected chi connectivity index (χ3v) is 3.12. The predicted octanol–water partition coefficient (Wildman–Crippen LogP) is 2.45. The molecule has 0 aliphatic rings. The fourth-order valence-corrected chi connectivity index (χ4v) is 2.00. The number of rotatable bonds is 6. The minimum Gasteiger partial charge on any atom is -0.295 e. The predicted molar refractivity (Wildman–Crippen MR) is 61.5 cm³/mol. The Balaban J connectivity index is 4.31. The summed E-state index contributed by atoms with van der Waals surface area (Å²) in [7, 11) is -3.11.